The zero-order chi connectivity index (χ0) is 8.57. The number of rotatable bonds is 2. The van der Waals surface area contributed by atoms with Crippen molar-refractivity contribution in [2.75, 3.05) is 7.05 Å². The fraction of sp³-hybridized carbons (Fsp3) is 0.571. The minimum absolute atomic E-state index is 0.424. The van der Waals surface area contributed by atoms with Crippen molar-refractivity contribution in [2.45, 2.75) is 20.3 Å². The van der Waals surface area contributed by atoms with Gasteiger partial charge in [-0.1, -0.05) is 13.0 Å². The molecule has 0 rings (SSSR count). The molecule has 0 aromatic heterocycles. The van der Waals surface area contributed by atoms with Gasteiger partial charge in [-0.25, -0.2) is 4.79 Å². The Morgan fingerprint density at radius 1 is 1.60 bits per heavy atom. The lowest BCUT2D eigenvalue weighted by Crippen LogP contribution is -1.94. The van der Waals surface area contributed by atoms with Crippen molar-refractivity contribution in [1.29, 1.82) is 0 Å². The van der Waals surface area contributed by atoms with E-state index in [-0.39, 0.29) is 0 Å². The molecule has 3 N–H and O–H groups in total. The summed E-state index contributed by atoms with van der Waals surface area (Å²) in [7, 11) is 1.50. The van der Waals surface area contributed by atoms with Crippen LogP contribution >= 0.6 is 0 Å². The van der Waals surface area contributed by atoms with E-state index >= 15 is 0 Å². The third-order valence-electron chi connectivity index (χ3n) is 0.848. The Hall–Kier alpha value is -0.830. The number of hydrogen-bond acceptors (Lipinski definition) is 2. The maximum atomic E-state index is 10.0. The fourth-order valence-electron chi connectivity index (χ4n) is 0.393. The second-order valence-electron chi connectivity index (χ2n) is 1.60. The molecule has 0 saturated carbocycles. The smallest absolute Gasteiger partial charge is 0.330 e. The fourth-order valence-corrected chi connectivity index (χ4v) is 0.393. The Morgan fingerprint density at radius 2 is 2.00 bits per heavy atom. The van der Waals surface area contributed by atoms with Crippen LogP contribution in [0, 0.1) is 0 Å². The number of nitrogens with two attached hydrogens (primary N) is 1. The lowest BCUT2D eigenvalue weighted by atomic mass is 10.2. The van der Waals surface area contributed by atoms with Crippen molar-refractivity contribution in [2.24, 2.45) is 5.73 Å². The van der Waals surface area contributed by atoms with E-state index in [9.17, 15) is 4.79 Å². The summed E-state index contributed by atoms with van der Waals surface area (Å²) in [5, 5.41) is 8.24. The summed E-state index contributed by atoms with van der Waals surface area (Å²) in [6, 6.07) is 0. The van der Waals surface area contributed by atoms with Gasteiger partial charge in [0.05, 0.1) is 0 Å². The first-order chi connectivity index (χ1) is 4.68. The standard InChI is InChI=1S/C6H10O2.CH5N/c1-3-4-5(2)6(7)8;1-2/h4H,3H2,1-2H3,(H,7,8);2H2,1H3. The van der Waals surface area contributed by atoms with Crippen LogP contribution in [-0.4, -0.2) is 18.1 Å². The molecule has 0 atom stereocenters. The molecule has 0 spiro atoms. The molecule has 0 aliphatic carbocycles. The van der Waals surface area contributed by atoms with Gasteiger partial charge in [0, 0.05) is 5.57 Å². The van der Waals surface area contributed by atoms with Gasteiger partial charge in [0.2, 0.25) is 0 Å². The molecule has 0 heterocycles. The highest BCUT2D eigenvalue weighted by molar-refractivity contribution is 5.85. The van der Waals surface area contributed by atoms with Crippen molar-refractivity contribution in [3.05, 3.63) is 11.6 Å². The normalized spacial score (nSPS) is 9.80. The van der Waals surface area contributed by atoms with Crippen LogP contribution in [0.1, 0.15) is 20.3 Å². The highest BCUT2D eigenvalue weighted by Gasteiger charge is 1.94. The summed E-state index contributed by atoms with van der Waals surface area (Å²) in [5.74, 6) is -0.827. The van der Waals surface area contributed by atoms with E-state index in [1.54, 1.807) is 13.0 Å². The molecule has 0 aromatic carbocycles. The molecule has 0 aromatic rings. The first-order valence-electron chi connectivity index (χ1n) is 3.16. The van der Waals surface area contributed by atoms with Gasteiger partial charge in [0.1, 0.15) is 0 Å². The third kappa shape index (κ3) is 7.17. The number of allylic oxidation sites excluding steroid dienone is 1. The summed E-state index contributed by atoms with van der Waals surface area (Å²) in [4.78, 5) is 10.0. The zero-order valence-corrected chi connectivity index (χ0v) is 6.72. The van der Waals surface area contributed by atoms with E-state index in [0.717, 1.165) is 6.42 Å². The number of carboxylic acids is 1. The maximum Gasteiger partial charge on any atom is 0.330 e. The molecule has 0 amide bonds. The number of carboxylic acid groups (broad SMARTS) is 1. The Labute approximate surface area is 61.5 Å². The first-order valence-corrected chi connectivity index (χ1v) is 3.16. The average molecular weight is 145 g/mol. The minimum atomic E-state index is -0.827. The average Bonchev–Trinajstić information content (AvgIpc) is 1.93. The van der Waals surface area contributed by atoms with Crippen LogP contribution in [0.5, 0.6) is 0 Å². The van der Waals surface area contributed by atoms with Crippen molar-refractivity contribution in [3.8, 4) is 0 Å². The van der Waals surface area contributed by atoms with Crippen LogP contribution in [0.25, 0.3) is 0 Å². The molecular weight excluding hydrogens is 130 g/mol. The van der Waals surface area contributed by atoms with Gasteiger partial charge in [-0.3, -0.25) is 0 Å². The largest absolute Gasteiger partial charge is 0.478 e. The van der Waals surface area contributed by atoms with E-state index in [4.69, 9.17) is 5.11 Å². The lowest BCUT2D eigenvalue weighted by molar-refractivity contribution is -0.132. The van der Waals surface area contributed by atoms with Crippen LogP contribution in [-0.2, 0) is 4.79 Å². The molecule has 3 nitrogen and oxygen atoms in total. The van der Waals surface area contributed by atoms with Crippen LogP contribution in [0.3, 0.4) is 0 Å². The van der Waals surface area contributed by atoms with E-state index in [0.29, 0.717) is 5.57 Å². The van der Waals surface area contributed by atoms with Crippen molar-refractivity contribution in [3.63, 3.8) is 0 Å². The first kappa shape index (κ1) is 11.9. The van der Waals surface area contributed by atoms with Gasteiger partial charge >= 0.3 is 5.97 Å². The van der Waals surface area contributed by atoms with Crippen molar-refractivity contribution < 1.29 is 9.90 Å². The molecule has 3 heteroatoms. The predicted molar refractivity (Wildman–Crippen MR) is 41.8 cm³/mol. The third-order valence-corrected chi connectivity index (χ3v) is 0.848. The number of aliphatic carboxylic acids is 1. The van der Waals surface area contributed by atoms with E-state index in [1.165, 1.54) is 7.05 Å². The van der Waals surface area contributed by atoms with Gasteiger partial charge in [-0.2, -0.15) is 0 Å². The quantitative estimate of drug-likeness (QED) is 0.570. The summed E-state index contributed by atoms with van der Waals surface area (Å²) in [5.41, 5.74) is 4.92. The maximum absolute atomic E-state index is 10.0. The molecular formula is C7H15NO2. The van der Waals surface area contributed by atoms with Crippen molar-refractivity contribution >= 4 is 5.97 Å². The summed E-state index contributed by atoms with van der Waals surface area (Å²) >= 11 is 0. The van der Waals surface area contributed by atoms with E-state index in [2.05, 4.69) is 5.73 Å². The Kier molecular flexibility index (Phi) is 9.73. The SMILES string of the molecule is CCC=C(C)C(=O)O.CN. The molecule has 0 radical (unpaired) electrons. The van der Waals surface area contributed by atoms with Gasteiger partial charge in [0.15, 0.2) is 0 Å². The van der Waals surface area contributed by atoms with Crippen molar-refractivity contribution in [1.82, 2.24) is 0 Å². The second-order valence-corrected chi connectivity index (χ2v) is 1.60. The van der Waals surface area contributed by atoms with Gasteiger partial charge in [-0.15, -0.1) is 0 Å². The summed E-state index contributed by atoms with van der Waals surface area (Å²) < 4.78 is 0. The Morgan fingerprint density at radius 3 is 2.10 bits per heavy atom. The Balaban J connectivity index is 0. The molecule has 10 heavy (non-hydrogen) atoms. The van der Waals surface area contributed by atoms with Crippen LogP contribution in [0.4, 0.5) is 0 Å². The lowest BCUT2D eigenvalue weighted by Gasteiger charge is -1.87. The van der Waals surface area contributed by atoms with E-state index in [1.807, 2.05) is 6.92 Å². The summed E-state index contributed by atoms with van der Waals surface area (Å²) in [6.07, 6.45) is 2.47. The monoisotopic (exact) mass is 145 g/mol. The predicted octanol–water partition coefficient (Wildman–Crippen LogP) is 1.00. The van der Waals surface area contributed by atoms with E-state index < -0.39 is 5.97 Å². The molecule has 0 bridgehead atoms. The molecule has 0 aliphatic heterocycles. The van der Waals surface area contributed by atoms with Crippen LogP contribution in [0.2, 0.25) is 0 Å². The van der Waals surface area contributed by atoms with Gasteiger partial charge in [0.25, 0.3) is 0 Å². The summed E-state index contributed by atoms with van der Waals surface area (Å²) in [6.45, 7) is 3.50. The van der Waals surface area contributed by atoms with Crippen LogP contribution < -0.4 is 5.73 Å². The van der Waals surface area contributed by atoms with Gasteiger partial charge < -0.3 is 10.8 Å². The molecule has 0 fully saturated rings. The molecule has 0 aliphatic rings. The highest BCUT2D eigenvalue weighted by Crippen LogP contribution is 1.92. The molecule has 0 unspecified atom stereocenters. The second kappa shape index (κ2) is 8.17. The number of hydrogen-bond donors (Lipinski definition) is 2. The molecule has 60 valence electrons. The highest BCUT2D eigenvalue weighted by atomic mass is 16.4. The van der Waals surface area contributed by atoms with Crippen LogP contribution in [0.15, 0.2) is 11.6 Å². The number of carbonyl (C=O) groups is 1. The minimum Gasteiger partial charge on any atom is -0.478 e. The van der Waals surface area contributed by atoms with Gasteiger partial charge in [-0.05, 0) is 20.4 Å². The Bertz CT molecular complexity index is 119. The topological polar surface area (TPSA) is 63.3 Å². The molecule has 0 saturated heterocycles. The zero-order valence-electron chi connectivity index (χ0n) is 6.72.